The zero-order valence-corrected chi connectivity index (χ0v) is 21.5. The Morgan fingerprint density at radius 1 is 1.26 bits per heavy atom. The predicted molar refractivity (Wildman–Crippen MR) is 128 cm³/mol. The maximum absolute atomic E-state index is 15.3. The molecule has 8 nitrogen and oxygen atoms in total. The molecule has 1 aromatic rings. The van der Waals surface area contributed by atoms with E-state index in [0.717, 1.165) is 12.8 Å². The second kappa shape index (κ2) is 10.5. The van der Waals surface area contributed by atoms with Gasteiger partial charge in [-0.05, 0) is 25.7 Å². The van der Waals surface area contributed by atoms with Crippen molar-refractivity contribution in [1.82, 2.24) is 10.3 Å². The van der Waals surface area contributed by atoms with E-state index in [1.165, 1.54) is 12.3 Å². The maximum atomic E-state index is 15.3. The zero-order valence-electron chi connectivity index (χ0n) is 21.5. The number of epoxide rings is 1. The highest BCUT2D eigenvalue weighted by Crippen LogP contribution is 2.44. The number of aromatic nitrogens is 1. The van der Waals surface area contributed by atoms with E-state index >= 15 is 4.39 Å². The molecule has 7 atom stereocenters. The van der Waals surface area contributed by atoms with Gasteiger partial charge in [0.2, 0.25) is 5.91 Å². The van der Waals surface area contributed by atoms with Crippen molar-refractivity contribution < 1.29 is 33.3 Å². The molecule has 0 radical (unpaired) electrons. The smallest absolute Gasteiger partial charge is 0.223 e. The number of aliphatic hydroxyl groups excluding tert-OH is 2. The van der Waals surface area contributed by atoms with E-state index in [-0.39, 0.29) is 30.6 Å². The molecule has 2 aliphatic rings. The van der Waals surface area contributed by atoms with E-state index in [9.17, 15) is 19.8 Å². The van der Waals surface area contributed by atoms with E-state index in [1.807, 2.05) is 13.8 Å². The first-order valence-corrected chi connectivity index (χ1v) is 12.4. The number of carbonyl (C=O) groups is 2. The summed E-state index contributed by atoms with van der Waals surface area (Å²) in [5, 5.41) is 24.3. The number of Topliss-reactive ketones (excluding diaryl/α,β-unsaturated/α-hetero) is 1. The van der Waals surface area contributed by atoms with E-state index < -0.39 is 46.9 Å². The van der Waals surface area contributed by atoms with Crippen LogP contribution < -0.4 is 5.32 Å². The lowest BCUT2D eigenvalue weighted by Gasteiger charge is -2.34. The Morgan fingerprint density at radius 3 is 2.57 bits per heavy atom. The molecule has 3 N–H and O–H groups in total. The van der Waals surface area contributed by atoms with Crippen molar-refractivity contribution in [3.05, 3.63) is 23.7 Å². The molecule has 196 valence electrons. The van der Waals surface area contributed by atoms with Crippen molar-refractivity contribution in [3.8, 4) is 0 Å². The largest absolute Gasteiger partial charge is 0.449 e. The topological polar surface area (TPSA) is 125 Å². The molecule has 2 aliphatic heterocycles. The second-order valence-electron chi connectivity index (χ2n) is 11.1. The van der Waals surface area contributed by atoms with E-state index in [2.05, 4.69) is 10.3 Å². The standard InChI is InChI=1S/C26H39FN2O6/c1-14-8-7-9-26(6)21(35-26)11-19(18(27)10-17-13-34-16(3)28-17)29-22(31)12-20(30)25(4,5)24(33)15(2)23(14)32/h10,13-15,19-21,23,30,32H,7-9,11-12H2,1-6H3,(H,29,31)/t14-,15+,19-,20-,21?,23-,26?/m0/s1. The molecule has 1 amide bonds. The van der Waals surface area contributed by atoms with Gasteiger partial charge in [-0.15, -0.1) is 0 Å². The van der Waals surface area contributed by atoms with Crippen molar-refractivity contribution in [1.29, 1.82) is 0 Å². The highest BCUT2D eigenvalue weighted by molar-refractivity contribution is 5.88. The summed E-state index contributed by atoms with van der Waals surface area (Å²) in [6.45, 7) is 10.3. The van der Waals surface area contributed by atoms with Crippen molar-refractivity contribution in [3.63, 3.8) is 0 Å². The van der Waals surface area contributed by atoms with Crippen LogP contribution in [0, 0.1) is 24.2 Å². The van der Waals surface area contributed by atoms with Crippen LogP contribution in [0.25, 0.3) is 6.08 Å². The quantitative estimate of drug-likeness (QED) is 0.538. The first-order chi connectivity index (χ1) is 16.2. The van der Waals surface area contributed by atoms with Crippen molar-refractivity contribution in [2.45, 2.75) is 104 Å². The Kier molecular flexibility index (Phi) is 8.23. The third-order valence-electron chi connectivity index (χ3n) is 7.76. The lowest BCUT2D eigenvalue weighted by Crippen LogP contribution is -2.47. The summed E-state index contributed by atoms with van der Waals surface area (Å²) < 4.78 is 26.3. The van der Waals surface area contributed by atoms with Gasteiger partial charge in [0.15, 0.2) is 5.89 Å². The number of fused-ring (bicyclic) bond motifs is 1. The molecule has 2 unspecified atom stereocenters. The van der Waals surface area contributed by atoms with Crippen LogP contribution >= 0.6 is 0 Å². The van der Waals surface area contributed by atoms with E-state index in [0.29, 0.717) is 18.0 Å². The number of aryl methyl sites for hydroxylation is 1. The van der Waals surface area contributed by atoms with Gasteiger partial charge in [0.1, 0.15) is 23.6 Å². The first kappa shape index (κ1) is 27.5. The fourth-order valence-corrected chi connectivity index (χ4v) is 4.98. The Balaban J connectivity index is 1.85. The lowest BCUT2D eigenvalue weighted by atomic mass is 9.72. The summed E-state index contributed by atoms with van der Waals surface area (Å²) in [4.78, 5) is 30.1. The number of ketones is 1. The molecule has 3 rings (SSSR count). The Labute approximate surface area is 206 Å². The number of rotatable bonds is 2. The number of amides is 1. The van der Waals surface area contributed by atoms with Crippen LogP contribution in [-0.4, -0.2) is 56.8 Å². The van der Waals surface area contributed by atoms with Crippen molar-refractivity contribution in [2.75, 3.05) is 0 Å². The summed E-state index contributed by atoms with van der Waals surface area (Å²) >= 11 is 0. The van der Waals surface area contributed by atoms with Gasteiger partial charge >= 0.3 is 0 Å². The molecule has 2 fully saturated rings. The van der Waals surface area contributed by atoms with Gasteiger partial charge in [-0.1, -0.05) is 34.1 Å². The number of hydrogen-bond acceptors (Lipinski definition) is 7. The van der Waals surface area contributed by atoms with Crippen LogP contribution in [-0.2, 0) is 14.3 Å². The molecule has 0 aliphatic carbocycles. The van der Waals surface area contributed by atoms with Gasteiger partial charge in [-0.3, -0.25) is 9.59 Å². The zero-order chi connectivity index (χ0) is 26.1. The number of ether oxygens (including phenoxy) is 1. The normalized spacial score (nSPS) is 37.5. The number of carbonyl (C=O) groups excluding carboxylic acids is 2. The third kappa shape index (κ3) is 6.37. The molecule has 0 aromatic carbocycles. The molecule has 1 aromatic heterocycles. The summed E-state index contributed by atoms with van der Waals surface area (Å²) in [7, 11) is 0. The summed E-state index contributed by atoms with van der Waals surface area (Å²) in [6.07, 6.45) is 2.16. The minimum atomic E-state index is -1.30. The summed E-state index contributed by atoms with van der Waals surface area (Å²) in [5.74, 6) is -1.93. The molecule has 35 heavy (non-hydrogen) atoms. The molecule has 9 heteroatoms. The summed E-state index contributed by atoms with van der Waals surface area (Å²) in [5.41, 5.74) is -1.41. The second-order valence-corrected chi connectivity index (χ2v) is 11.1. The molecule has 2 saturated heterocycles. The first-order valence-electron chi connectivity index (χ1n) is 12.4. The third-order valence-corrected chi connectivity index (χ3v) is 7.76. The Morgan fingerprint density at radius 2 is 1.94 bits per heavy atom. The fraction of sp³-hybridized carbons (Fsp3) is 0.731. The number of aliphatic hydroxyl groups is 2. The Hall–Kier alpha value is -2.10. The molecule has 0 saturated carbocycles. The van der Waals surface area contributed by atoms with Gasteiger partial charge in [-0.25, -0.2) is 9.37 Å². The molecular weight excluding hydrogens is 455 g/mol. The van der Waals surface area contributed by atoms with E-state index in [1.54, 1.807) is 27.7 Å². The predicted octanol–water partition coefficient (Wildman–Crippen LogP) is 3.49. The average Bonchev–Trinajstić information content (AvgIpc) is 3.22. The van der Waals surface area contributed by atoms with Gasteiger partial charge in [0, 0.05) is 25.3 Å². The van der Waals surface area contributed by atoms with Crippen LogP contribution in [0.15, 0.2) is 16.5 Å². The SMILES string of the molecule is Cc1nc(C=C(F)[C@@H]2CC3OC3(C)CCC[C@H](C)[C@H](O)[C@@H](C)C(=O)C(C)(C)[C@@H](O)CC(=O)N2)co1. The number of hydrogen-bond donors (Lipinski definition) is 3. The van der Waals surface area contributed by atoms with Crippen LogP contribution in [0.2, 0.25) is 0 Å². The molecule has 3 heterocycles. The monoisotopic (exact) mass is 494 g/mol. The fourth-order valence-electron chi connectivity index (χ4n) is 4.98. The number of halogens is 1. The van der Waals surface area contributed by atoms with Crippen molar-refractivity contribution in [2.24, 2.45) is 17.3 Å². The van der Waals surface area contributed by atoms with Gasteiger partial charge < -0.3 is 24.7 Å². The number of nitrogens with zero attached hydrogens (tertiary/aromatic N) is 1. The Bertz CT molecular complexity index is 959. The minimum absolute atomic E-state index is 0.127. The van der Waals surface area contributed by atoms with Crippen LogP contribution in [0.3, 0.4) is 0 Å². The molecule has 0 spiro atoms. The van der Waals surface area contributed by atoms with Crippen molar-refractivity contribution >= 4 is 17.8 Å². The summed E-state index contributed by atoms with van der Waals surface area (Å²) in [6, 6.07) is -0.982. The maximum Gasteiger partial charge on any atom is 0.223 e. The molecular formula is C26H39FN2O6. The average molecular weight is 495 g/mol. The highest BCUT2D eigenvalue weighted by Gasteiger charge is 2.52. The number of nitrogens with one attached hydrogen (secondary N) is 1. The highest BCUT2D eigenvalue weighted by atomic mass is 19.1. The molecule has 0 bridgehead atoms. The van der Waals surface area contributed by atoms with Gasteiger partial charge in [0.25, 0.3) is 0 Å². The lowest BCUT2D eigenvalue weighted by molar-refractivity contribution is -0.143. The van der Waals surface area contributed by atoms with Crippen LogP contribution in [0.4, 0.5) is 4.39 Å². The van der Waals surface area contributed by atoms with E-state index in [4.69, 9.17) is 9.15 Å². The van der Waals surface area contributed by atoms with Crippen LogP contribution in [0.1, 0.15) is 78.3 Å². The van der Waals surface area contributed by atoms with Crippen LogP contribution in [0.5, 0.6) is 0 Å². The minimum Gasteiger partial charge on any atom is -0.449 e. The van der Waals surface area contributed by atoms with Gasteiger partial charge in [0.05, 0.1) is 41.8 Å². The van der Waals surface area contributed by atoms with Gasteiger partial charge in [-0.2, -0.15) is 0 Å². The number of oxazole rings is 1.